The van der Waals surface area contributed by atoms with E-state index in [0.717, 1.165) is 19.4 Å². The van der Waals surface area contributed by atoms with Crippen LogP contribution in [0.25, 0.3) is 0 Å². The first-order chi connectivity index (χ1) is 7.07. The topological polar surface area (TPSA) is 32.3 Å². The van der Waals surface area contributed by atoms with Gasteiger partial charge < -0.3 is 10.2 Å². The van der Waals surface area contributed by atoms with Crippen molar-refractivity contribution in [3.8, 4) is 0 Å². The minimum absolute atomic E-state index is 0.133. The third-order valence-electron chi connectivity index (χ3n) is 3.11. The van der Waals surface area contributed by atoms with Crippen molar-refractivity contribution >= 4 is 5.91 Å². The molecule has 0 aromatic carbocycles. The second kappa shape index (κ2) is 4.04. The number of rotatable bonds is 2. The number of hydrogen-bond acceptors (Lipinski definition) is 2. The van der Waals surface area contributed by atoms with Gasteiger partial charge in [0.1, 0.15) is 0 Å². The minimum atomic E-state index is -2.67. The second-order valence-corrected chi connectivity index (χ2v) is 4.42. The van der Waals surface area contributed by atoms with Gasteiger partial charge in [-0.05, 0) is 19.4 Å². The van der Waals surface area contributed by atoms with Gasteiger partial charge in [-0.3, -0.25) is 4.79 Å². The number of hydrogen-bond donors (Lipinski definition) is 1. The standard InChI is InChI=1S/C10H16F2N2O/c11-10(12)3-5-14(7-10)9(15)6-8-2-1-4-13-8/h8,13H,1-7H2. The maximum absolute atomic E-state index is 12.9. The lowest BCUT2D eigenvalue weighted by molar-refractivity contribution is -0.132. The largest absolute Gasteiger partial charge is 0.336 e. The Morgan fingerprint density at radius 1 is 1.53 bits per heavy atom. The molecular formula is C10H16F2N2O. The zero-order valence-electron chi connectivity index (χ0n) is 8.64. The summed E-state index contributed by atoms with van der Waals surface area (Å²) in [5, 5.41) is 3.20. The number of nitrogens with one attached hydrogen (secondary N) is 1. The third kappa shape index (κ3) is 2.65. The van der Waals surface area contributed by atoms with Crippen LogP contribution >= 0.6 is 0 Å². The zero-order chi connectivity index (χ0) is 10.9. The number of halogens is 2. The van der Waals surface area contributed by atoms with Crippen molar-refractivity contribution in [2.75, 3.05) is 19.6 Å². The molecule has 2 aliphatic rings. The molecule has 0 bridgehead atoms. The third-order valence-corrected chi connectivity index (χ3v) is 3.11. The molecule has 2 heterocycles. The average molecular weight is 218 g/mol. The highest BCUT2D eigenvalue weighted by molar-refractivity contribution is 5.77. The molecule has 1 N–H and O–H groups in total. The van der Waals surface area contributed by atoms with E-state index < -0.39 is 12.5 Å². The smallest absolute Gasteiger partial charge is 0.267 e. The Morgan fingerprint density at radius 2 is 2.33 bits per heavy atom. The van der Waals surface area contributed by atoms with Crippen molar-refractivity contribution in [3.05, 3.63) is 0 Å². The quantitative estimate of drug-likeness (QED) is 0.749. The first-order valence-electron chi connectivity index (χ1n) is 5.46. The van der Waals surface area contributed by atoms with Crippen molar-refractivity contribution in [2.45, 2.75) is 37.6 Å². The van der Waals surface area contributed by atoms with Crippen LogP contribution in [0, 0.1) is 0 Å². The van der Waals surface area contributed by atoms with Crippen molar-refractivity contribution in [3.63, 3.8) is 0 Å². The lowest BCUT2D eigenvalue weighted by atomic mass is 10.1. The highest BCUT2D eigenvalue weighted by Gasteiger charge is 2.40. The van der Waals surface area contributed by atoms with Crippen LogP contribution in [0.1, 0.15) is 25.7 Å². The Morgan fingerprint density at radius 3 is 2.87 bits per heavy atom. The first kappa shape index (κ1) is 10.8. The summed E-state index contributed by atoms with van der Waals surface area (Å²) >= 11 is 0. The first-order valence-corrected chi connectivity index (χ1v) is 5.46. The van der Waals surface area contributed by atoms with Gasteiger partial charge in [-0.2, -0.15) is 0 Å². The van der Waals surface area contributed by atoms with Crippen molar-refractivity contribution in [1.82, 2.24) is 10.2 Å². The highest BCUT2D eigenvalue weighted by Crippen LogP contribution is 2.27. The van der Waals surface area contributed by atoms with Crippen LogP contribution in [0.15, 0.2) is 0 Å². The summed E-state index contributed by atoms with van der Waals surface area (Å²) in [6.45, 7) is 0.755. The van der Waals surface area contributed by atoms with Gasteiger partial charge in [-0.25, -0.2) is 8.78 Å². The van der Waals surface area contributed by atoms with Crippen LogP contribution in [0.3, 0.4) is 0 Å². The van der Waals surface area contributed by atoms with Crippen LogP contribution in [-0.2, 0) is 4.79 Å². The van der Waals surface area contributed by atoms with Crippen LogP contribution in [0.2, 0.25) is 0 Å². The van der Waals surface area contributed by atoms with E-state index in [1.807, 2.05) is 0 Å². The van der Waals surface area contributed by atoms with Gasteiger partial charge in [0, 0.05) is 25.4 Å². The summed E-state index contributed by atoms with van der Waals surface area (Å²) < 4.78 is 25.7. The molecule has 0 aromatic heterocycles. The Labute approximate surface area is 87.8 Å². The number of carbonyl (C=O) groups excluding carboxylic acids is 1. The van der Waals surface area contributed by atoms with Crippen molar-refractivity contribution < 1.29 is 13.6 Å². The normalized spacial score (nSPS) is 29.7. The molecule has 0 saturated carbocycles. The zero-order valence-corrected chi connectivity index (χ0v) is 8.64. The van der Waals surface area contributed by atoms with Crippen molar-refractivity contribution in [2.24, 2.45) is 0 Å². The van der Waals surface area contributed by atoms with Gasteiger partial charge in [0.2, 0.25) is 5.91 Å². The second-order valence-electron chi connectivity index (χ2n) is 4.42. The van der Waals surface area contributed by atoms with Crippen LogP contribution in [0.5, 0.6) is 0 Å². The van der Waals surface area contributed by atoms with E-state index >= 15 is 0 Å². The van der Waals surface area contributed by atoms with E-state index in [0.29, 0.717) is 6.42 Å². The molecule has 0 aliphatic carbocycles. The SMILES string of the molecule is O=C(CC1CCCN1)N1CCC(F)(F)C1. The fourth-order valence-electron chi connectivity index (χ4n) is 2.22. The molecule has 1 amide bonds. The van der Waals surface area contributed by atoms with E-state index in [-0.39, 0.29) is 24.9 Å². The van der Waals surface area contributed by atoms with Crippen molar-refractivity contribution in [1.29, 1.82) is 0 Å². The molecule has 15 heavy (non-hydrogen) atoms. The maximum Gasteiger partial charge on any atom is 0.267 e. The van der Waals surface area contributed by atoms with Gasteiger partial charge in [-0.15, -0.1) is 0 Å². The summed E-state index contributed by atoms with van der Waals surface area (Å²) in [5.74, 6) is -2.80. The Bertz CT molecular complexity index is 252. The molecule has 1 atom stereocenters. The van der Waals surface area contributed by atoms with E-state index in [9.17, 15) is 13.6 Å². The van der Waals surface area contributed by atoms with Gasteiger partial charge in [0.15, 0.2) is 0 Å². The van der Waals surface area contributed by atoms with Gasteiger partial charge >= 0.3 is 0 Å². The molecular weight excluding hydrogens is 202 g/mol. The van der Waals surface area contributed by atoms with E-state index in [1.54, 1.807) is 0 Å². The molecule has 0 aromatic rings. The Balaban J connectivity index is 1.81. The molecule has 0 radical (unpaired) electrons. The maximum atomic E-state index is 12.9. The summed E-state index contributed by atoms with van der Waals surface area (Å²) in [6, 6.07) is 0.201. The molecule has 3 nitrogen and oxygen atoms in total. The van der Waals surface area contributed by atoms with Crippen LogP contribution in [0.4, 0.5) is 8.78 Å². The van der Waals surface area contributed by atoms with E-state index in [1.165, 1.54) is 4.90 Å². The average Bonchev–Trinajstić information content (AvgIpc) is 2.74. The number of nitrogens with zero attached hydrogens (tertiary/aromatic N) is 1. The summed E-state index contributed by atoms with van der Waals surface area (Å²) in [5.41, 5.74) is 0. The fourth-order valence-corrected chi connectivity index (χ4v) is 2.22. The number of carbonyl (C=O) groups is 1. The molecule has 0 spiro atoms. The Hall–Kier alpha value is -0.710. The van der Waals surface area contributed by atoms with Gasteiger partial charge in [0.25, 0.3) is 5.92 Å². The molecule has 2 fully saturated rings. The number of alkyl halides is 2. The monoisotopic (exact) mass is 218 g/mol. The van der Waals surface area contributed by atoms with Gasteiger partial charge in [-0.1, -0.05) is 0 Å². The van der Waals surface area contributed by atoms with Crippen LogP contribution < -0.4 is 5.32 Å². The fraction of sp³-hybridized carbons (Fsp3) is 0.900. The predicted molar refractivity (Wildman–Crippen MR) is 51.8 cm³/mol. The molecule has 2 aliphatic heterocycles. The molecule has 2 saturated heterocycles. The van der Waals surface area contributed by atoms with Gasteiger partial charge in [0.05, 0.1) is 6.54 Å². The van der Waals surface area contributed by atoms with E-state index in [4.69, 9.17) is 0 Å². The Kier molecular flexibility index (Phi) is 2.91. The summed E-state index contributed by atoms with van der Waals surface area (Å²) in [7, 11) is 0. The van der Waals surface area contributed by atoms with Crippen LogP contribution in [-0.4, -0.2) is 42.4 Å². The molecule has 1 unspecified atom stereocenters. The lowest BCUT2D eigenvalue weighted by Gasteiger charge is -2.18. The summed E-state index contributed by atoms with van der Waals surface area (Å²) in [6.07, 6.45) is 2.25. The molecule has 5 heteroatoms. The number of amides is 1. The molecule has 2 rings (SSSR count). The van der Waals surface area contributed by atoms with E-state index in [2.05, 4.69) is 5.32 Å². The highest BCUT2D eigenvalue weighted by atomic mass is 19.3. The molecule has 86 valence electrons. The predicted octanol–water partition coefficient (Wildman–Crippen LogP) is 0.996. The minimum Gasteiger partial charge on any atom is -0.336 e. The number of likely N-dealkylation sites (tertiary alicyclic amines) is 1. The summed E-state index contributed by atoms with van der Waals surface area (Å²) in [4.78, 5) is 12.9. The lowest BCUT2D eigenvalue weighted by Crippen LogP contribution is -2.35.